The standard InChI is InChI=1S/C25H28N2O/c28-25(20-11-5-2-6-12-20)26-16-15-24-22(18-26)21-13-7-8-14-23(21)27(24)17-19-9-3-1-4-10-19/h1,3-4,7-10,13-14,20H,2,5-6,11-12,15-18H2. The van der Waals surface area contributed by atoms with Gasteiger partial charge in [0.2, 0.25) is 5.91 Å². The molecule has 3 aromatic rings. The van der Waals surface area contributed by atoms with Gasteiger partial charge in [-0.25, -0.2) is 0 Å². The van der Waals surface area contributed by atoms with Crippen molar-refractivity contribution in [3.63, 3.8) is 0 Å². The molecular formula is C25H28N2O. The Hall–Kier alpha value is -2.55. The normalized spacial score (nSPS) is 17.6. The quantitative estimate of drug-likeness (QED) is 0.624. The maximum Gasteiger partial charge on any atom is 0.225 e. The van der Waals surface area contributed by atoms with Crippen molar-refractivity contribution in [3.8, 4) is 0 Å². The number of carbonyl (C=O) groups excluding carboxylic acids is 1. The van der Waals surface area contributed by atoms with Crippen LogP contribution in [-0.2, 0) is 24.3 Å². The number of rotatable bonds is 3. The molecule has 1 saturated carbocycles. The minimum absolute atomic E-state index is 0.257. The van der Waals surface area contributed by atoms with E-state index >= 15 is 0 Å². The molecule has 1 amide bonds. The fourth-order valence-corrected chi connectivity index (χ4v) is 5.14. The third-order valence-corrected chi connectivity index (χ3v) is 6.61. The highest BCUT2D eigenvalue weighted by Gasteiger charge is 2.30. The second kappa shape index (κ2) is 7.46. The Balaban J connectivity index is 1.48. The Morgan fingerprint density at radius 3 is 2.50 bits per heavy atom. The van der Waals surface area contributed by atoms with E-state index < -0.39 is 0 Å². The molecular weight excluding hydrogens is 344 g/mol. The summed E-state index contributed by atoms with van der Waals surface area (Å²) in [7, 11) is 0. The van der Waals surface area contributed by atoms with E-state index in [4.69, 9.17) is 0 Å². The van der Waals surface area contributed by atoms with E-state index in [2.05, 4.69) is 64.1 Å². The highest BCUT2D eigenvalue weighted by atomic mass is 16.2. The molecule has 0 N–H and O–H groups in total. The molecule has 28 heavy (non-hydrogen) atoms. The predicted octanol–water partition coefficient (Wildman–Crippen LogP) is 5.15. The lowest BCUT2D eigenvalue weighted by molar-refractivity contribution is -0.137. The Kier molecular flexibility index (Phi) is 4.67. The highest BCUT2D eigenvalue weighted by molar-refractivity contribution is 5.87. The molecule has 2 heterocycles. The van der Waals surface area contributed by atoms with Crippen LogP contribution in [-0.4, -0.2) is 21.9 Å². The van der Waals surface area contributed by atoms with Crippen molar-refractivity contribution in [2.24, 2.45) is 5.92 Å². The van der Waals surface area contributed by atoms with Gasteiger partial charge in [-0.15, -0.1) is 0 Å². The number of aromatic nitrogens is 1. The molecule has 0 unspecified atom stereocenters. The number of amides is 1. The van der Waals surface area contributed by atoms with Crippen molar-refractivity contribution >= 4 is 16.8 Å². The molecule has 0 radical (unpaired) electrons. The summed E-state index contributed by atoms with van der Waals surface area (Å²) in [6.07, 6.45) is 6.84. The number of hydrogen-bond donors (Lipinski definition) is 0. The monoisotopic (exact) mass is 372 g/mol. The van der Waals surface area contributed by atoms with Gasteiger partial charge in [0.05, 0.1) is 0 Å². The smallest absolute Gasteiger partial charge is 0.225 e. The van der Waals surface area contributed by atoms with Gasteiger partial charge in [-0.3, -0.25) is 4.79 Å². The Morgan fingerprint density at radius 1 is 0.929 bits per heavy atom. The summed E-state index contributed by atoms with van der Waals surface area (Å²) in [6, 6.07) is 19.4. The zero-order valence-corrected chi connectivity index (χ0v) is 16.4. The molecule has 3 nitrogen and oxygen atoms in total. The van der Waals surface area contributed by atoms with E-state index in [9.17, 15) is 4.79 Å². The first-order valence-corrected chi connectivity index (χ1v) is 10.7. The van der Waals surface area contributed by atoms with Crippen LogP contribution in [0.1, 0.15) is 48.9 Å². The lowest BCUT2D eigenvalue weighted by Gasteiger charge is -2.32. The topological polar surface area (TPSA) is 25.2 Å². The summed E-state index contributed by atoms with van der Waals surface area (Å²) in [5.74, 6) is 0.651. The van der Waals surface area contributed by atoms with Crippen molar-refractivity contribution in [2.45, 2.75) is 51.6 Å². The van der Waals surface area contributed by atoms with Crippen LogP contribution >= 0.6 is 0 Å². The summed E-state index contributed by atoms with van der Waals surface area (Å²) >= 11 is 0. The Bertz CT molecular complexity index is 982. The zero-order valence-electron chi connectivity index (χ0n) is 16.4. The molecule has 144 valence electrons. The van der Waals surface area contributed by atoms with E-state index in [1.54, 1.807) is 0 Å². The highest BCUT2D eigenvalue weighted by Crippen LogP contribution is 2.33. The zero-order chi connectivity index (χ0) is 18.9. The van der Waals surface area contributed by atoms with E-state index in [1.807, 2.05) is 0 Å². The molecule has 1 fully saturated rings. The van der Waals surface area contributed by atoms with Gasteiger partial charge in [0.1, 0.15) is 0 Å². The molecule has 3 heteroatoms. The van der Waals surface area contributed by atoms with Crippen molar-refractivity contribution in [1.29, 1.82) is 0 Å². The van der Waals surface area contributed by atoms with Crippen LogP contribution in [0.5, 0.6) is 0 Å². The van der Waals surface area contributed by atoms with Crippen molar-refractivity contribution < 1.29 is 4.79 Å². The molecule has 1 aromatic heterocycles. The van der Waals surface area contributed by atoms with Crippen molar-refractivity contribution in [3.05, 3.63) is 71.4 Å². The predicted molar refractivity (Wildman–Crippen MR) is 113 cm³/mol. The van der Waals surface area contributed by atoms with E-state index in [0.717, 1.165) is 38.9 Å². The van der Waals surface area contributed by atoms with Crippen LogP contribution in [0.4, 0.5) is 0 Å². The first-order chi connectivity index (χ1) is 13.8. The number of nitrogens with zero attached hydrogens (tertiary/aromatic N) is 2. The largest absolute Gasteiger partial charge is 0.340 e. The molecule has 0 atom stereocenters. The third-order valence-electron chi connectivity index (χ3n) is 6.61. The van der Waals surface area contributed by atoms with Gasteiger partial charge in [0.15, 0.2) is 0 Å². The average Bonchev–Trinajstić information content (AvgIpc) is 3.08. The summed E-state index contributed by atoms with van der Waals surface area (Å²) in [5, 5.41) is 1.31. The lowest BCUT2D eigenvalue weighted by atomic mass is 9.87. The number of para-hydroxylation sites is 1. The fraction of sp³-hybridized carbons (Fsp3) is 0.400. The van der Waals surface area contributed by atoms with E-state index in [1.165, 1.54) is 47.0 Å². The second-order valence-electron chi connectivity index (χ2n) is 8.36. The summed E-state index contributed by atoms with van der Waals surface area (Å²) in [4.78, 5) is 15.3. The van der Waals surface area contributed by atoms with Crippen LogP contribution < -0.4 is 0 Å². The SMILES string of the molecule is O=C(C1CCCCC1)N1CCc2c(c3ccccc3n2Cc2ccccc2)C1. The first kappa shape index (κ1) is 17.5. The summed E-state index contributed by atoms with van der Waals surface area (Å²) in [5.41, 5.74) is 5.40. The number of carbonyl (C=O) groups is 1. The van der Waals surface area contributed by atoms with Gasteiger partial charge in [-0.05, 0) is 24.5 Å². The van der Waals surface area contributed by atoms with Crippen LogP contribution in [0.25, 0.3) is 10.9 Å². The molecule has 1 aliphatic carbocycles. The molecule has 0 saturated heterocycles. The minimum Gasteiger partial charge on any atom is -0.340 e. The first-order valence-electron chi connectivity index (χ1n) is 10.7. The summed E-state index contributed by atoms with van der Waals surface area (Å²) < 4.78 is 2.47. The van der Waals surface area contributed by atoms with Gasteiger partial charge < -0.3 is 9.47 Å². The van der Waals surface area contributed by atoms with Gasteiger partial charge in [0, 0.05) is 54.1 Å². The van der Waals surface area contributed by atoms with Gasteiger partial charge >= 0.3 is 0 Å². The molecule has 2 aromatic carbocycles. The van der Waals surface area contributed by atoms with Crippen LogP contribution in [0.3, 0.4) is 0 Å². The summed E-state index contributed by atoms with van der Waals surface area (Å²) in [6.45, 7) is 2.52. The van der Waals surface area contributed by atoms with Crippen LogP contribution in [0.2, 0.25) is 0 Å². The van der Waals surface area contributed by atoms with Gasteiger partial charge in [-0.2, -0.15) is 0 Å². The number of benzene rings is 2. The van der Waals surface area contributed by atoms with Gasteiger partial charge in [0.25, 0.3) is 0 Å². The van der Waals surface area contributed by atoms with E-state index in [0.29, 0.717) is 5.91 Å². The maximum absolute atomic E-state index is 13.1. The maximum atomic E-state index is 13.1. The average molecular weight is 373 g/mol. The van der Waals surface area contributed by atoms with E-state index in [-0.39, 0.29) is 5.92 Å². The second-order valence-corrected chi connectivity index (χ2v) is 8.36. The Morgan fingerprint density at radius 2 is 1.68 bits per heavy atom. The minimum atomic E-state index is 0.257. The van der Waals surface area contributed by atoms with Crippen molar-refractivity contribution in [1.82, 2.24) is 9.47 Å². The number of hydrogen-bond acceptors (Lipinski definition) is 1. The van der Waals surface area contributed by atoms with Crippen molar-refractivity contribution in [2.75, 3.05) is 6.54 Å². The van der Waals surface area contributed by atoms with Crippen LogP contribution in [0.15, 0.2) is 54.6 Å². The molecule has 0 bridgehead atoms. The molecule has 5 rings (SSSR count). The molecule has 2 aliphatic rings. The van der Waals surface area contributed by atoms with Crippen LogP contribution in [0, 0.1) is 5.92 Å². The Labute approximate surface area is 167 Å². The number of fused-ring (bicyclic) bond motifs is 3. The van der Waals surface area contributed by atoms with Gasteiger partial charge in [-0.1, -0.05) is 67.8 Å². The molecule has 0 spiro atoms. The molecule has 1 aliphatic heterocycles. The third kappa shape index (κ3) is 3.13. The fourth-order valence-electron chi connectivity index (χ4n) is 5.14. The lowest BCUT2D eigenvalue weighted by Crippen LogP contribution is -2.40.